The van der Waals surface area contributed by atoms with Crippen LogP contribution in [-0.4, -0.2) is 66.0 Å². The number of hydrogen-bond donors (Lipinski definition) is 0. The van der Waals surface area contributed by atoms with Crippen molar-refractivity contribution in [3.05, 3.63) is 22.8 Å². The molecule has 0 unspecified atom stereocenters. The highest BCUT2D eigenvalue weighted by Gasteiger charge is 2.37. The molecule has 0 atom stereocenters. The average molecular weight is 281 g/mol. The summed E-state index contributed by atoms with van der Waals surface area (Å²) in [4.78, 5) is 39.3. The van der Waals surface area contributed by atoms with Gasteiger partial charge in [0.15, 0.2) is 0 Å². The molecule has 0 N–H and O–H groups in total. The molecular formula is C12H15N3O3S. The van der Waals surface area contributed by atoms with Gasteiger partial charge in [-0.05, 0) is 12.2 Å². The van der Waals surface area contributed by atoms with E-state index in [2.05, 4.69) is 4.90 Å². The first-order chi connectivity index (χ1) is 8.93. The maximum atomic E-state index is 11.9. The third kappa shape index (κ3) is 2.37. The molecular weight excluding hydrogens is 266 g/mol. The summed E-state index contributed by atoms with van der Waals surface area (Å²) in [5.41, 5.74) is 0.0120. The van der Waals surface area contributed by atoms with Crippen LogP contribution in [0.2, 0.25) is 0 Å². The van der Waals surface area contributed by atoms with Gasteiger partial charge in [0.2, 0.25) is 0 Å². The minimum atomic E-state index is -0.604. The van der Waals surface area contributed by atoms with E-state index in [4.69, 9.17) is 0 Å². The van der Waals surface area contributed by atoms with Gasteiger partial charge in [0, 0.05) is 33.4 Å². The van der Waals surface area contributed by atoms with Gasteiger partial charge in [0.1, 0.15) is 5.57 Å². The Labute approximate surface area is 115 Å². The number of hydrogen-bond acceptors (Lipinski definition) is 5. The van der Waals surface area contributed by atoms with Gasteiger partial charge in [0.05, 0.1) is 5.03 Å². The van der Waals surface area contributed by atoms with Gasteiger partial charge in [-0.2, -0.15) is 0 Å². The second-order valence-electron chi connectivity index (χ2n) is 4.37. The average Bonchev–Trinajstić information content (AvgIpc) is 2.80. The predicted octanol–water partition coefficient (Wildman–Crippen LogP) is 0.483. The maximum absolute atomic E-state index is 11.9. The summed E-state index contributed by atoms with van der Waals surface area (Å²) in [5.74, 6) is -0.128. The fourth-order valence-corrected chi connectivity index (χ4v) is 2.88. The monoisotopic (exact) mass is 281 g/mol. The molecule has 2 aliphatic rings. The first-order valence-electron chi connectivity index (χ1n) is 5.79. The maximum Gasteiger partial charge on any atom is 0.333 e. The Kier molecular flexibility index (Phi) is 3.66. The van der Waals surface area contributed by atoms with Gasteiger partial charge in [0.25, 0.3) is 11.8 Å². The SMILES string of the molecule is CN1CCSC1=CC=C1C(=O)N(C)C(=O)N(C)C1=O. The molecule has 0 aromatic carbocycles. The molecule has 2 heterocycles. The van der Waals surface area contributed by atoms with E-state index >= 15 is 0 Å². The van der Waals surface area contributed by atoms with Gasteiger partial charge in [-0.15, -0.1) is 11.8 Å². The second-order valence-corrected chi connectivity index (χ2v) is 5.48. The largest absolute Gasteiger partial charge is 0.369 e. The number of thioether (sulfide) groups is 1. The fourth-order valence-electron chi connectivity index (χ4n) is 1.83. The Hall–Kier alpha value is -1.76. The molecule has 0 aromatic heterocycles. The number of barbiturate groups is 1. The summed E-state index contributed by atoms with van der Waals surface area (Å²) < 4.78 is 0. The van der Waals surface area contributed by atoms with Crippen molar-refractivity contribution in [2.45, 2.75) is 0 Å². The molecule has 2 aliphatic heterocycles. The Balaban J connectivity index is 2.30. The van der Waals surface area contributed by atoms with Crippen molar-refractivity contribution in [3.8, 4) is 0 Å². The van der Waals surface area contributed by atoms with Crippen molar-refractivity contribution in [1.82, 2.24) is 14.7 Å². The van der Waals surface area contributed by atoms with Crippen LogP contribution in [0.4, 0.5) is 4.79 Å². The Morgan fingerprint density at radius 3 is 2.05 bits per heavy atom. The lowest BCUT2D eigenvalue weighted by atomic mass is 10.1. The number of urea groups is 1. The number of allylic oxidation sites excluding steroid dienone is 2. The van der Waals surface area contributed by atoms with Gasteiger partial charge >= 0.3 is 6.03 Å². The molecule has 2 saturated heterocycles. The van der Waals surface area contributed by atoms with Crippen molar-refractivity contribution in [1.29, 1.82) is 0 Å². The molecule has 2 fully saturated rings. The smallest absolute Gasteiger partial charge is 0.333 e. The molecule has 0 spiro atoms. The summed E-state index contributed by atoms with van der Waals surface area (Å²) >= 11 is 1.67. The highest BCUT2D eigenvalue weighted by atomic mass is 32.2. The van der Waals surface area contributed by atoms with Crippen molar-refractivity contribution in [2.75, 3.05) is 33.4 Å². The van der Waals surface area contributed by atoms with E-state index in [9.17, 15) is 14.4 Å². The molecule has 19 heavy (non-hydrogen) atoms. The summed E-state index contributed by atoms with van der Waals surface area (Å²) in [7, 11) is 4.69. The number of rotatable bonds is 1. The number of likely N-dealkylation sites (N-methyl/N-ethyl adjacent to an activating group) is 2. The molecule has 0 aromatic rings. The van der Waals surface area contributed by atoms with E-state index < -0.39 is 17.8 Å². The van der Waals surface area contributed by atoms with Gasteiger partial charge < -0.3 is 4.90 Å². The molecule has 0 aliphatic carbocycles. The quantitative estimate of drug-likeness (QED) is 0.517. The topological polar surface area (TPSA) is 60.9 Å². The van der Waals surface area contributed by atoms with Gasteiger partial charge in [-0.25, -0.2) is 4.79 Å². The van der Waals surface area contributed by atoms with Crippen molar-refractivity contribution in [3.63, 3.8) is 0 Å². The number of amides is 4. The Morgan fingerprint density at radius 1 is 1.00 bits per heavy atom. The minimum absolute atomic E-state index is 0.0120. The second kappa shape index (κ2) is 5.08. The summed E-state index contributed by atoms with van der Waals surface area (Å²) in [5, 5.41) is 1.01. The Morgan fingerprint density at radius 2 is 1.58 bits per heavy atom. The third-order valence-electron chi connectivity index (χ3n) is 3.09. The van der Waals surface area contributed by atoms with E-state index in [0.717, 1.165) is 27.1 Å². The lowest BCUT2D eigenvalue weighted by molar-refractivity contribution is -0.134. The van der Waals surface area contributed by atoms with E-state index in [1.54, 1.807) is 17.8 Å². The van der Waals surface area contributed by atoms with E-state index in [1.165, 1.54) is 20.2 Å². The molecule has 0 bridgehead atoms. The van der Waals surface area contributed by atoms with Crippen LogP contribution in [0.5, 0.6) is 0 Å². The van der Waals surface area contributed by atoms with Crippen LogP contribution in [0.3, 0.4) is 0 Å². The third-order valence-corrected chi connectivity index (χ3v) is 4.22. The number of imide groups is 2. The summed E-state index contributed by atoms with van der Waals surface area (Å²) in [6, 6.07) is -0.604. The molecule has 6 nitrogen and oxygen atoms in total. The van der Waals surface area contributed by atoms with Crippen LogP contribution in [-0.2, 0) is 9.59 Å². The predicted molar refractivity (Wildman–Crippen MR) is 72.2 cm³/mol. The zero-order valence-electron chi connectivity index (χ0n) is 11.0. The fraction of sp³-hybridized carbons (Fsp3) is 0.417. The van der Waals surface area contributed by atoms with E-state index in [1.807, 2.05) is 7.05 Å². The summed E-state index contributed by atoms with van der Waals surface area (Å²) in [6.45, 7) is 0.944. The zero-order chi connectivity index (χ0) is 14.2. The van der Waals surface area contributed by atoms with Crippen LogP contribution >= 0.6 is 11.8 Å². The van der Waals surface area contributed by atoms with Crippen molar-refractivity contribution < 1.29 is 14.4 Å². The standard InChI is InChI=1S/C12H15N3O3S/c1-13-6-7-19-9(13)5-4-8-10(16)14(2)12(18)15(3)11(8)17/h4-5H,6-7H2,1-3H3. The minimum Gasteiger partial charge on any atom is -0.369 e. The molecule has 102 valence electrons. The lowest BCUT2D eigenvalue weighted by Crippen LogP contribution is -2.53. The lowest BCUT2D eigenvalue weighted by Gasteiger charge is -2.28. The highest BCUT2D eigenvalue weighted by molar-refractivity contribution is 8.03. The highest BCUT2D eigenvalue weighted by Crippen LogP contribution is 2.26. The van der Waals surface area contributed by atoms with Crippen molar-refractivity contribution >= 4 is 29.6 Å². The van der Waals surface area contributed by atoms with Crippen LogP contribution in [0.25, 0.3) is 0 Å². The van der Waals surface area contributed by atoms with Gasteiger partial charge in [-0.1, -0.05) is 0 Å². The first-order valence-corrected chi connectivity index (χ1v) is 6.78. The number of nitrogens with zero attached hydrogens (tertiary/aromatic N) is 3. The van der Waals surface area contributed by atoms with E-state index in [-0.39, 0.29) is 5.57 Å². The van der Waals surface area contributed by atoms with Crippen LogP contribution in [0.15, 0.2) is 22.8 Å². The molecule has 0 saturated carbocycles. The van der Waals surface area contributed by atoms with Crippen LogP contribution < -0.4 is 0 Å². The molecule has 2 rings (SSSR count). The molecule has 0 radical (unpaired) electrons. The van der Waals surface area contributed by atoms with Crippen LogP contribution in [0.1, 0.15) is 0 Å². The summed E-state index contributed by atoms with van der Waals surface area (Å²) in [6.07, 6.45) is 3.24. The van der Waals surface area contributed by atoms with Crippen LogP contribution in [0, 0.1) is 0 Å². The van der Waals surface area contributed by atoms with Gasteiger partial charge in [-0.3, -0.25) is 19.4 Å². The normalized spacial score (nSPS) is 22.9. The molecule has 7 heteroatoms. The van der Waals surface area contributed by atoms with E-state index in [0.29, 0.717) is 0 Å². The molecule has 4 amide bonds. The zero-order valence-corrected chi connectivity index (χ0v) is 11.9. The number of carbonyl (C=O) groups excluding carboxylic acids is 3. The van der Waals surface area contributed by atoms with Crippen molar-refractivity contribution in [2.24, 2.45) is 0 Å². The first kappa shape index (κ1) is 13.7. The number of carbonyl (C=O) groups is 3. The Bertz CT molecular complexity index is 486.